The largest absolute Gasteiger partial charge is 0.354 e. The summed E-state index contributed by atoms with van der Waals surface area (Å²) in [5.41, 5.74) is 14.9. The Kier molecular flexibility index (Phi) is 5.56. The molecule has 11 rings (SSSR count). The van der Waals surface area contributed by atoms with Crippen LogP contribution in [-0.4, -0.2) is 19.9 Å². The van der Waals surface area contributed by atoms with E-state index in [0.29, 0.717) is 17.5 Å². The Hall–Kier alpha value is -6.65. The van der Waals surface area contributed by atoms with Gasteiger partial charge in [0.1, 0.15) is 0 Å². The van der Waals surface area contributed by atoms with Crippen molar-refractivity contribution in [3.05, 3.63) is 186 Å². The average Bonchev–Trinajstić information content (AvgIpc) is 3.82. The molecule has 0 bridgehead atoms. The van der Waals surface area contributed by atoms with E-state index in [1.807, 2.05) is 36.4 Å². The van der Waals surface area contributed by atoms with Crippen LogP contribution in [0.15, 0.2) is 164 Å². The van der Waals surface area contributed by atoms with Gasteiger partial charge in [-0.05, 0) is 51.1 Å². The molecule has 2 heterocycles. The molecule has 0 fully saturated rings. The number of rotatable bonds is 3. The highest BCUT2D eigenvalue weighted by Crippen LogP contribution is 2.64. The number of nitrogens with one attached hydrogen (secondary N) is 1. The lowest BCUT2D eigenvalue weighted by Gasteiger charge is -2.30. The molecule has 232 valence electrons. The predicted octanol–water partition coefficient (Wildman–Crippen LogP) is 10.9. The zero-order valence-corrected chi connectivity index (χ0v) is 26.9. The molecule has 0 aliphatic heterocycles. The number of benzene rings is 7. The number of H-pyrrole nitrogens is 1. The average molecular weight is 637 g/mol. The van der Waals surface area contributed by atoms with Gasteiger partial charge < -0.3 is 4.98 Å². The highest BCUT2D eigenvalue weighted by Gasteiger charge is 2.52. The van der Waals surface area contributed by atoms with Gasteiger partial charge in [-0.1, -0.05) is 152 Å². The third-order valence-corrected chi connectivity index (χ3v) is 10.7. The van der Waals surface area contributed by atoms with Gasteiger partial charge in [-0.2, -0.15) is 0 Å². The van der Waals surface area contributed by atoms with Crippen molar-refractivity contribution < 1.29 is 0 Å². The molecule has 1 N–H and O–H groups in total. The quantitative estimate of drug-likeness (QED) is 0.210. The summed E-state index contributed by atoms with van der Waals surface area (Å²) in [7, 11) is 0. The monoisotopic (exact) mass is 636 g/mol. The molecule has 0 unspecified atom stereocenters. The van der Waals surface area contributed by atoms with E-state index in [4.69, 9.17) is 15.0 Å². The van der Waals surface area contributed by atoms with E-state index in [1.165, 1.54) is 60.8 Å². The molecule has 4 heteroatoms. The highest BCUT2D eigenvalue weighted by molar-refractivity contribution is 6.15. The minimum atomic E-state index is -0.503. The van der Waals surface area contributed by atoms with Crippen LogP contribution in [0.1, 0.15) is 22.3 Å². The van der Waals surface area contributed by atoms with Crippen LogP contribution in [0.3, 0.4) is 0 Å². The Morgan fingerprint density at radius 3 is 1.60 bits per heavy atom. The SMILES string of the molecule is c1ccc(-c2nc(-c3ccccc3)nc(-c3ccc4c(c3)C3(c5ccccc5-c5ccccc53)c3ccc5c([nH]c6ccccc65)c3-4)n2)cc1. The van der Waals surface area contributed by atoms with E-state index < -0.39 is 5.41 Å². The Bertz CT molecular complexity index is 2710. The van der Waals surface area contributed by atoms with Crippen molar-refractivity contribution in [2.24, 2.45) is 0 Å². The number of aromatic nitrogens is 4. The molecule has 0 amide bonds. The second-order valence-electron chi connectivity index (χ2n) is 13.2. The van der Waals surface area contributed by atoms with E-state index >= 15 is 0 Å². The fourth-order valence-electron chi connectivity index (χ4n) is 8.62. The maximum absolute atomic E-state index is 5.13. The van der Waals surface area contributed by atoms with Gasteiger partial charge in [0.2, 0.25) is 0 Å². The lowest BCUT2D eigenvalue weighted by Crippen LogP contribution is -2.25. The van der Waals surface area contributed by atoms with Crippen molar-refractivity contribution in [1.82, 2.24) is 19.9 Å². The van der Waals surface area contributed by atoms with E-state index in [9.17, 15) is 0 Å². The van der Waals surface area contributed by atoms with Crippen LogP contribution >= 0.6 is 0 Å². The Morgan fingerprint density at radius 1 is 0.380 bits per heavy atom. The van der Waals surface area contributed by atoms with Crippen molar-refractivity contribution >= 4 is 21.8 Å². The second kappa shape index (κ2) is 10.2. The lowest BCUT2D eigenvalue weighted by molar-refractivity contribution is 0.794. The summed E-state index contributed by atoms with van der Waals surface area (Å²) in [5, 5.41) is 2.48. The molecule has 9 aromatic rings. The van der Waals surface area contributed by atoms with Crippen LogP contribution in [0.5, 0.6) is 0 Å². The van der Waals surface area contributed by atoms with Crippen LogP contribution in [-0.2, 0) is 5.41 Å². The molecule has 0 saturated carbocycles. The fourth-order valence-corrected chi connectivity index (χ4v) is 8.62. The number of nitrogens with zero attached hydrogens (tertiary/aromatic N) is 3. The summed E-state index contributed by atoms with van der Waals surface area (Å²) in [6, 6.07) is 58.3. The van der Waals surface area contributed by atoms with Gasteiger partial charge in [-0.15, -0.1) is 0 Å². The molecule has 0 radical (unpaired) electrons. The topological polar surface area (TPSA) is 54.5 Å². The van der Waals surface area contributed by atoms with Crippen molar-refractivity contribution in [1.29, 1.82) is 0 Å². The van der Waals surface area contributed by atoms with E-state index in [0.717, 1.165) is 22.2 Å². The number of para-hydroxylation sites is 1. The maximum atomic E-state index is 5.13. The number of hydrogen-bond donors (Lipinski definition) is 1. The summed E-state index contributed by atoms with van der Waals surface area (Å²) in [6.45, 7) is 0. The van der Waals surface area contributed by atoms with E-state index in [2.05, 4.69) is 132 Å². The van der Waals surface area contributed by atoms with Crippen molar-refractivity contribution in [3.63, 3.8) is 0 Å². The molecule has 50 heavy (non-hydrogen) atoms. The van der Waals surface area contributed by atoms with Gasteiger partial charge in [-0.3, -0.25) is 0 Å². The molecule has 2 aliphatic rings. The second-order valence-corrected chi connectivity index (χ2v) is 13.2. The predicted molar refractivity (Wildman–Crippen MR) is 202 cm³/mol. The first-order valence-corrected chi connectivity index (χ1v) is 17.0. The van der Waals surface area contributed by atoms with Gasteiger partial charge in [0.25, 0.3) is 0 Å². The highest BCUT2D eigenvalue weighted by atomic mass is 15.0. The number of fused-ring (bicyclic) bond motifs is 14. The molecule has 0 atom stereocenters. The third kappa shape index (κ3) is 3.62. The van der Waals surface area contributed by atoms with Crippen LogP contribution in [0.25, 0.3) is 78.2 Å². The van der Waals surface area contributed by atoms with Gasteiger partial charge in [0.15, 0.2) is 17.5 Å². The minimum absolute atomic E-state index is 0.503. The maximum Gasteiger partial charge on any atom is 0.164 e. The van der Waals surface area contributed by atoms with E-state index in [-0.39, 0.29) is 0 Å². The lowest BCUT2D eigenvalue weighted by atomic mass is 9.70. The molecule has 7 aromatic carbocycles. The summed E-state index contributed by atoms with van der Waals surface area (Å²) in [5.74, 6) is 1.97. The molecule has 2 aliphatic carbocycles. The van der Waals surface area contributed by atoms with Gasteiger partial charge in [0.05, 0.1) is 10.9 Å². The van der Waals surface area contributed by atoms with Crippen molar-refractivity contribution in [3.8, 4) is 56.4 Å². The zero-order valence-electron chi connectivity index (χ0n) is 26.9. The summed E-state index contributed by atoms with van der Waals surface area (Å²) in [4.78, 5) is 19.1. The van der Waals surface area contributed by atoms with Crippen LogP contribution in [0.4, 0.5) is 0 Å². The first-order valence-electron chi connectivity index (χ1n) is 17.0. The van der Waals surface area contributed by atoms with Crippen molar-refractivity contribution in [2.45, 2.75) is 5.41 Å². The van der Waals surface area contributed by atoms with Crippen LogP contribution in [0.2, 0.25) is 0 Å². The Labute approximate surface area is 288 Å². The fraction of sp³-hybridized carbons (Fsp3) is 0.0217. The minimum Gasteiger partial charge on any atom is -0.354 e. The van der Waals surface area contributed by atoms with Gasteiger partial charge in [-0.25, -0.2) is 15.0 Å². The molecule has 4 nitrogen and oxygen atoms in total. The number of aromatic amines is 1. The van der Waals surface area contributed by atoms with Gasteiger partial charge >= 0.3 is 0 Å². The Morgan fingerprint density at radius 2 is 0.940 bits per heavy atom. The first kappa shape index (κ1) is 27.3. The zero-order chi connectivity index (χ0) is 32.8. The molecule has 0 saturated heterocycles. The summed E-state index contributed by atoms with van der Waals surface area (Å²) in [6.07, 6.45) is 0. The van der Waals surface area contributed by atoms with Crippen LogP contribution in [0, 0.1) is 0 Å². The van der Waals surface area contributed by atoms with E-state index in [1.54, 1.807) is 0 Å². The Balaban J connectivity index is 1.23. The summed E-state index contributed by atoms with van der Waals surface area (Å²) >= 11 is 0. The van der Waals surface area contributed by atoms with Crippen LogP contribution < -0.4 is 0 Å². The third-order valence-electron chi connectivity index (χ3n) is 10.7. The van der Waals surface area contributed by atoms with Crippen molar-refractivity contribution in [2.75, 3.05) is 0 Å². The smallest absolute Gasteiger partial charge is 0.164 e. The van der Waals surface area contributed by atoms with Gasteiger partial charge in [0, 0.05) is 38.5 Å². The normalized spacial score (nSPS) is 13.4. The first-order chi connectivity index (χ1) is 24.8. The number of hydrogen-bond acceptors (Lipinski definition) is 3. The molecule has 2 aromatic heterocycles. The standard InChI is InChI=1S/C46H28N4/c1-3-13-28(14-4-1)43-48-44(29-15-5-2-6-16-29)50-45(49-43)30-23-24-35-39(27-30)46(36-20-10-7-17-31(36)32-18-8-11-21-37(32)46)38-26-25-34-33-19-9-12-22-40(33)47-42(34)41(35)38/h1-27,47H. The molecular formula is C46H28N4. The summed E-state index contributed by atoms with van der Waals surface area (Å²) < 4.78 is 0. The molecule has 1 spiro atoms. The molecular weight excluding hydrogens is 609 g/mol.